The van der Waals surface area contributed by atoms with Crippen molar-refractivity contribution in [1.29, 1.82) is 5.26 Å². The molecule has 0 N–H and O–H groups in total. The molecule has 0 amide bonds. The second-order valence-corrected chi connectivity index (χ2v) is 12.2. The highest BCUT2D eigenvalue weighted by atomic mass is 32.1. The van der Waals surface area contributed by atoms with Gasteiger partial charge in [0.2, 0.25) is 0 Å². The molecule has 2 heterocycles. The monoisotopic (exact) mass is 685 g/mol. The van der Waals surface area contributed by atoms with Gasteiger partial charge in [0.15, 0.2) is 16.3 Å². The van der Waals surface area contributed by atoms with Gasteiger partial charge < -0.3 is 18.9 Å². The molecule has 1 aliphatic rings. The van der Waals surface area contributed by atoms with E-state index in [-0.39, 0.29) is 17.7 Å². The van der Waals surface area contributed by atoms with Crippen LogP contribution in [0.3, 0.4) is 0 Å². The van der Waals surface area contributed by atoms with E-state index in [1.54, 1.807) is 29.7 Å². The number of aromatic nitrogens is 1. The van der Waals surface area contributed by atoms with Gasteiger partial charge in [0, 0.05) is 5.56 Å². The molecular formula is C40H35N3O6S. The number of carbonyl (C=O) groups is 1. The van der Waals surface area contributed by atoms with Gasteiger partial charge in [-0.05, 0) is 79.9 Å². The summed E-state index contributed by atoms with van der Waals surface area (Å²) >= 11 is 1.25. The molecular weight excluding hydrogens is 651 g/mol. The first kappa shape index (κ1) is 34.0. The SMILES string of the molecule is CCOC(=O)C1=C(c2ccccc2)N=c2s/c(=C\c3ccc(OCc4ccc(C#N)cc4)c(OCC)c3)c(=O)n2[C@H]1c1ccc(OCC)cc1. The fourth-order valence-electron chi connectivity index (χ4n) is 5.66. The normalized spacial score (nSPS) is 14.0. The van der Waals surface area contributed by atoms with Crippen molar-refractivity contribution in [2.75, 3.05) is 19.8 Å². The molecule has 5 aromatic rings. The average molecular weight is 686 g/mol. The molecule has 10 heteroatoms. The summed E-state index contributed by atoms with van der Waals surface area (Å²) in [6.45, 7) is 6.94. The molecule has 0 saturated heterocycles. The minimum atomic E-state index is -0.796. The van der Waals surface area contributed by atoms with Crippen LogP contribution >= 0.6 is 11.3 Å². The third kappa shape index (κ3) is 7.23. The molecule has 0 saturated carbocycles. The Balaban J connectivity index is 1.45. The smallest absolute Gasteiger partial charge is 0.338 e. The maximum absolute atomic E-state index is 14.3. The predicted molar refractivity (Wildman–Crippen MR) is 192 cm³/mol. The molecule has 0 aliphatic carbocycles. The lowest BCUT2D eigenvalue weighted by Crippen LogP contribution is -2.40. The predicted octanol–water partition coefficient (Wildman–Crippen LogP) is 6.18. The highest BCUT2D eigenvalue weighted by Gasteiger charge is 2.35. The molecule has 4 aromatic carbocycles. The van der Waals surface area contributed by atoms with Gasteiger partial charge in [-0.25, -0.2) is 9.79 Å². The Labute approximate surface area is 293 Å². The maximum atomic E-state index is 14.3. The number of nitriles is 1. The number of esters is 1. The van der Waals surface area contributed by atoms with Crippen molar-refractivity contribution in [3.63, 3.8) is 0 Å². The minimum absolute atomic E-state index is 0.167. The van der Waals surface area contributed by atoms with Gasteiger partial charge in [0.05, 0.1) is 53.3 Å². The molecule has 1 aromatic heterocycles. The van der Waals surface area contributed by atoms with E-state index in [4.69, 9.17) is 29.2 Å². The van der Waals surface area contributed by atoms with E-state index in [0.717, 1.165) is 22.3 Å². The summed E-state index contributed by atoms with van der Waals surface area (Å²) in [5.41, 5.74) is 4.13. The van der Waals surface area contributed by atoms with Crippen molar-refractivity contribution >= 4 is 29.1 Å². The molecule has 1 atom stereocenters. The van der Waals surface area contributed by atoms with E-state index >= 15 is 0 Å². The third-order valence-electron chi connectivity index (χ3n) is 7.92. The van der Waals surface area contributed by atoms with Crippen molar-refractivity contribution in [3.8, 4) is 23.3 Å². The Morgan fingerprint density at radius 3 is 2.30 bits per heavy atom. The first-order chi connectivity index (χ1) is 24.4. The third-order valence-corrected chi connectivity index (χ3v) is 8.91. The summed E-state index contributed by atoms with van der Waals surface area (Å²) < 4.78 is 25.3. The number of ether oxygens (including phenoxy) is 4. The van der Waals surface area contributed by atoms with Crippen LogP contribution in [0.1, 0.15) is 54.6 Å². The Bertz CT molecular complexity index is 2250. The molecule has 0 bridgehead atoms. The lowest BCUT2D eigenvalue weighted by atomic mass is 9.93. The van der Waals surface area contributed by atoms with Crippen LogP contribution in [0.2, 0.25) is 0 Å². The molecule has 6 rings (SSSR count). The van der Waals surface area contributed by atoms with Crippen LogP contribution < -0.4 is 29.1 Å². The van der Waals surface area contributed by atoms with Crippen LogP contribution in [0.5, 0.6) is 17.2 Å². The van der Waals surface area contributed by atoms with E-state index in [2.05, 4.69) is 6.07 Å². The van der Waals surface area contributed by atoms with Crippen LogP contribution in [0.25, 0.3) is 11.8 Å². The van der Waals surface area contributed by atoms with Gasteiger partial charge in [-0.2, -0.15) is 5.26 Å². The Kier molecular flexibility index (Phi) is 10.6. The molecule has 0 fully saturated rings. The van der Waals surface area contributed by atoms with Crippen LogP contribution in [0.15, 0.2) is 112 Å². The van der Waals surface area contributed by atoms with Crippen LogP contribution in [0.4, 0.5) is 0 Å². The molecule has 0 radical (unpaired) electrons. The van der Waals surface area contributed by atoms with E-state index in [9.17, 15) is 9.59 Å². The summed E-state index contributed by atoms with van der Waals surface area (Å²) in [5, 5.41) is 9.08. The van der Waals surface area contributed by atoms with Crippen LogP contribution in [0, 0.1) is 11.3 Å². The Morgan fingerprint density at radius 1 is 0.880 bits per heavy atom. The van der Waals surface area contributed by atoms with E-state index in [1.165, 1.54) is 11.3 Å². The van der Waals surface area contributed by atoms with Gasteiger partial charge in [-0.1, -0.05) is 72.0 Å². The van der Waals surface area contributed by atoms with Crippen LogP contribution in [-0.2, 0) is 16.1 Å². The van der Waals surface area contributed by atoms with E-state index in [0.29, 0.717) is 57.7 Å². The fourth-order valence-corrected chi connectivity index (χ4v) is 6.66. The minimum Gasteiger partial charge on any atom is -0.494 e. The van der Waals surface area contributed by atoms with Gasteiger partial charge >= 0.3 is 5.97 Å². The standard InChI is InChI=1S/C40H35N3O6S/c1-4-46-31-19-17-30(18-20-31)37-35(39(45)48-6-3)36(29-10-8-7-9-11-29)42-40-43(37)38(44)34(50-40)23-28-16-21-32(33(22-28)47-5-2)49-25-27-14-12-26(24-41)13-15-27/h7-23,37H,4-6,25H2,1-3H3/b34-23-/t37-/m0/s1. The summed E-state index contributed by atoms with van der Waals surface area (Å²) in [6.07, 6.45) is 1.79. The lowest BCUT2D eigenvalue weighted by Gasteiger charge is -2.26. The maximum Gasteiger partial charge on any atom is 0.338 e. The molecule has 0 unspecified atom stereocenters. The lowest BCUT2D eigenvalue weighted by molar-refractivity contribution is -0.138. The zero-order valence-electron chi connectivity index (χ0n) is 27.9. The zero-order valence-corrected chi connectivity index (χ0v) is 28.7. The number of benzene rings is 4. The topological polar surface area (TPSA) is 112 Å². The molecule has 252 valence electrons. The Morgan fingerprint density at radius 2 is 1.62 bits per heavy atom. The quantitative estimate of drug-likeness (QED) is 0.144. The summed E-state index contributed by atoms with van der Waals surface area (Å²) in [6, 6.07) is 30.9. The van der Waals surface area contributed by atoms with Gasteiger partial charge in [0.1, 0.15) is 12.4 Å². The first-order valence-electron chi connectivity index (χ1n) is 16.3. The average Bonchev–Trinajstić information content (AvgIpc) is 3.45. The fraction of sp³-hybridized carbons (Fsp3) is 0.200. The van der Waals surface area contributed by atoms with E-state index < -0.39 is 12.0 Å². The van der Waals surface area contributed by atoms with Gasteiger partial charge in [-0.15, -0.1) is 0 Å². The van der Waals surface area contributed by atoms with Gasteiger partial charge in [0.25, 0.3) is 5.56 Å². The number of carbonyl (C=O) groups excluding carboxylic acids is 1. The number of hydrogen-bond acceptors (Lipinski definition) is 9. The number of thiazole rings is 1. The second kappa shape index (κ2) is 15.5. The number of nitrogens with zero attached hydrogens (tertiary/aromatic N) is 3. The molecule has 9 nitrogen and oxygen atoms in total. The molecule has 1 aliphatic heterocycles. The number of fused-ring (bicyclic) bond motifs is 1. The number of rotatable bonds is 12. The largest absolute Gasteiger partial charge is 0.494 e. The van der Waals surface area contributed by atoms with Crippen molar-refractivity contribution in [2.24, 2.45) is 4.99 Å². The van der Waals surface area contributed by atoms with Crippen molar-refractivity contribution in [1.82, 2.24) is 4.57 Å². The van der Waals surface area contributed by atoms with Crippen molar-refractivity contribution in [2.45, 2.75) is 33.4 Å². The summed E-state index contributed by atoms with van der Waals surface area (Å²) in [4.78, 5) is 33.4. The van der Waals surface area contributed by atoms with Crippen LogP contribution in [-0.4, -0.2) is 30.4 Å². The first-order valence-corrected chi connectivity index (χ1v) is 17.2. The van der Waals surface area contributed by atoms with Crippen molar-refractivity contribution in [3.05, 3.63) is 150 Å². The van der Waals surface area contributed by atoms with E-state index in [1.807, 2.05) is 98.8 Å². The zero-order chi connectivity index (χ0) is 35.0. The van der Waals surface area contributed by atoms with Crippen molar-refractivity contribution < 1.29 is 23.7 Å². The summed E-state index contributed by atoms with van der Waals surface area (Å²) in [5.74, 6) is 1.23. The Hall–Kier alpha value is -5.92. The highest BCUT2D eigenvalue weighted by molar-refractivity contribution is 7.07. The second-order valence-electron chi connectivity index (χ2n) is 11.2. The highest BCUT2D eigenvalue weighted by Crippen LogP contribution is 2.36. The molecule has 0 spiro atoms. The number of hydrogen-bond donors (Lipinski definition) is 0. The summed E-state index contributed by atoms with van der Waals surface area (Å²) in [7, 11) is 0. The molecule has 50 heavy (non-hydrogen) atoms. The van der Waals surface area contributed by atoms with Gasteiger partial charge in [-0.3, -0.25) is 9.36 Å².